The molecule has 25 heavy (non-hydrogen) atoms. The van der Waals surface area contributed by atoms with Crippen molar-refractivity contribution in [3.05, 3.63) is 23.8 Å². The van der Waals surface area contributed by atoms with Gasteiger partial charge in [0.1, 0.15) is 22.5 Å². The van der Waals surface area contributed by atoms with Crippen molar-refractivity contribution in [1.82, 2.24) is 4.90 Å². The van der Waals surface area contributed by atoms with Gasteiger partial charge in [-0.2, -0.15) is 0 Å². The van der Waals surface area contributed by atoms with Gasteiger partial charge in [0.15, 0.2) is 0 Å². The predicted octanol–water partition coefficient (Wildman–Crippen LogP) is 3.01. The van der Waals surface area contributed by atoms with Crippen LogP contribution in [0, 0.1) is 0 Å². The second kappa shape index (κ2) is 7.99. The number of rotatable bonds is 6. The zero-order valence-electron chi connectivity index (χ0n) is 15.3. The van der Waals surface area contributed by atoms with Crippen LogP contribution in [0.2, 0.25) is 0 Å². The van der Waals surface area contributed by atoms with Crippen molar-refractivity contribution in [2.45, 2.75) is 38.2 Å². The van der Waals surface area contributed by atoms with E-state index in [1.54, 1.807) is 25.2 Å². The van der Waals surface area contributed by atoms with Crippen LogP contribution in [0.25, 0.3) is 0 Å². The molecule has 0 aromatic heterocycles. The Hall–Kier alpha value is -1.89. The highest BCUT2D eigenvalue weighted by atomic mass is 32.2. The molecule has 0 bridgehead atoms. The topological polar surface area (TPSA) is 65.1 Å². The molecule has 0 saturated carbocycles. The first-order valence-electron chi connectivity index (χ1n) is 8.10. The number of amides is 1. The average molecular weight is 367 g/mol. The van der Waals surface area contributed by atoms with Crippen LogP contribution >= 0.6 is 11.8 Å². The van der Waals surface area contributed by atoms with E-state index < -0.39 is 5.60 Å². The van der Waals surface area contributed by atoms with Crippen molar-refractivity contribution in [2.75, 3.05) is 26.5 Å². The molecule has 1 amide bonds. The number of hydrogen-bond donors (Lipinski definition) is 0. The molecule has 6 nitrogen and oxygen atoms in total. The number of benzene rings is 1. The molecule has 0 N–H and O–H groups in total. The summed E-state index contributed by atoms with van der Waals surface area (Å²) in [6, 6.07) is 5.53. The molecular formula is C18H25NO5S. The summed E-state index contributed by atoms with van der Waals surface area (Å²) < 4.78 is 16.0. The largest absolute Gasteiger partial charge is 0.497 e. The second-order valence-electron chi connectivity index (χ2n) is 6.69. The Labute approximate surface area is 152 Å². The summed E-state index contributed by atoms with van der Waals surface area (Å²) in [5.41, 5.74) is 0.364. The number of nitrogens with zero attached hydrogens (tertiary/aromatic N) is 1. The maximum Gasteiger partial charge on any atom is 0.308 e. The molecule has 1 atom stereocenters. The molecule has 7 heteroatoms. The minimum atomic E-state index is -0.528. The molecule has 1 heterocycles. The first kappa shape index (κ1) is 19.4. The molecule has 1 aliphatic heterocycles. The standard InChI is InChI=1S/C18H25NO5S/c1-18(2,3)24-16(21)8-9-19-15(20)11-25-17(19)13-7-6-12(22-4)10-14(13)23-5/h6-7,10,17H,8-9,11H2,1-5H3. The molecule has 0 spiro atoms. The lowest BCUT2D eigenvalue weighted by Crippen LogP contribution is -2.32. The van der Waals surface area contributed by atoms with E-state index in [2.05, 4.69) is 0 Å². The highest BCUT2D eigenvalue weighted by Crippen LogP contribution is 2.43. The van der Waals surface area contributed by atoms with Gasteiger partial charge in [0.2, 0.25) is 5.91 Å². The van der Waals surface area contributed by atoms with Crippen molar-refractivity contribution >= 4 is 23.6 Å². The number of thioether (sulfide) groups is 1. The lowest BCUT2D eigenvalue weighted by molar-refractivity contribution is -0.155. The van der Waals surface area contributed by atoms with Gasteiger partial charge in [-0.25, -0.2) is 0 Å². The first-order chi connectivity index (χ1) is 11.7. The molecule has 1 saturated heterocycles. The van der Waals surface area contributed by atoms with Gasteiger partial charge in [0, 0.05) is 18.2 Å². The fourth-order valence-electron chi connectivity index (χ4n) is 2.58. The van der Waals surface area contributed by atoms with Gasteiger partial charge < -0.3 is 19.1 Å². The maximum atomic E-state index is 12.3. The minimum Gasteiger partial charge on any atom is -0.497 e. The lowest BCUT2D eigenvalue weighted by Gasteiger charge is -2.26. The fraction of sp³-hybridized carbons (Fsp3) is 0.556. The zero-order valence-corrected chi connectivity index (χ0v) is 16.1. The summed E-state index contributed by atoms with van der Waals surface area (Å²) in [7, 11) is 3.18. The van der Waals surface area contributed by atoms with E-state index in [9.17, 15) is 9.59 Å². The van der Waals surface area contributed by atoms with Crippen LogP contribution in [0.3, 0.4) is 0 Å². The van der Waals surface area contributed by atoms with Gasteiger partial charge in [0.05, 0.1) is 26.4 Å². The third-order valence-corrected chi connectivity index (χ3v) is 4.89. The Morgan fingerprint density at radius 2 is 2.00 bits per heavy atom. The highest BCUT2D eigenvalue weighted by Gasteiger charge is 2.35. The molecule has 1 fully saturated rings. The van der Waals surface area contributed by atoms with Crippen LogP contribution in [0.5, 0.6) is 11.5 Å². The van der Waals surface area contributed by atoms with Crippen LogP contribution in [-0.2, 0) is 14.3 Å². The maximum absolute atomic E-state index is 12.3. The Bertz CT molecular complexity index is 641. The number of esters is 1. The summed E-state index contributed by atoms with van der Waals surface area (Å²) in [5, 5.41) is -0.184. The van der Waals surface area contributed by atoms with Crippen LogP contribution in [0.1, 0.15) is 38.1 Å². The van der Waals surface area contributed by atoms with E-state index in [0.29, 0.717) is 23.8 Å². The van der Waals surface area contributed by atoms with Crippen molar-refractivity contribution in [2.24, 2.45) is 0 Å². The summed E-state index contributed by atoms with van der Waals surface area (Å²) in [4.78, 5) is 25.9. The molecule has 1 unspecified atom stereocenters. The first-order valence-corrected chi connectivity index (χ1v) is 9.15. The SMILES string of the molecule is COc1ccc(C2SCC(=O)N2CCC(=O)OC(C)(C)C)c(OC)c1. The molecule has 1 aromatic rings. The minimum absolute atomic E-state index is 0.0106. The Morgan fingerprint density at radius 3 is 2.60 bits per heavy atom. The monoisotopic (exact) mass is 367 g/mol. The van der Waals surface area contributed by atoms with Crippen LogP contribution in [0.15, 0.2) is 18.2 Å². The number of ether oxygens (including phenoxy) is 3. The molecular weight excluding hydrogens is 342 g/mol. The number of hydrogen-bond acceptors (Lipinski definition) is 6. The van der Waals surface area contributed by atoms with Gasteiger partial charge in [-0.3, -0.25) is 9.59 Å². The summed E-state index contributed by atoms with van der Waals surface area (Å²) >= 11 is 1.52. The predicted molar refractivity (Wildman–Crippen MR) is 96.9 cm³/mol. The molecule has 138 valence electrons. The van der Waals surface area contributed by atoms with Crippen LogP contribution in [0.4, 0.5) is 0 Å². The van der Waals surface area contributed by atoms with Crippen molar-refractivity contribution < 1.29 is 23.8 Å². The second-order valence-corrected chi connectivity index (χ2v) is 7.76. The number of carbonyl (C=O) groups is 2. The van der Waals surface area contributed by atoms with Gasteiger partial charge in [-0.15, -0.1) is 11.8 Å². The Balaban J connectivity index is 2.13. The summed E-state index contributed by atoms with van der Waals surface area (Å²) in [6.45, 7) is 5.80. The van der Waals surface area contributed by atoms with Gasteiger partial charge in [-0.1, -0.05) is 0 Å². The third-order valence-electron chi connectivity index (χ3n) is 3.65. The highest BCUT2D eigenvalue weighted by molar-refractivity contribution is 8.00. The normalized spacial score (nSPS) is 17.6. The van der Waals surface area contributed by atoms with E-state index in [0.717, 1.165) is 5.56 Å². The van der Waals surface area contributed by atoms with E-state index >= 15 is 0 Å². The van der Waals surface area contributed by atoms with E-state index in [-0.39, 0.29) is 23.7 Å². The van der Waals surface area contributed by atoms with Crippen molar-refractivity contribution in [3.8, 4) is 11.5 Å². The molecule has 1 aliphatic rings. The Morgan fingerprint density at radius 1 is 1.28 bits per heavy atom. The van der Waals surface area contributed by atoms with Gasteiger partial charge in [0.25, 0.3) is 0 Å². The number of methoxy groups -OCH3 is 2. The smallest absolute Gasteiger partial charge is 0.308 e. The van der Waals surface area contributed by atoms with E-state index in [1.807, 2.05) is 32.9 Å². The van der Waals surface area contributed by atoms with E-state index in [1.165, 1.54) is 11.8 Å². The number of carbonyl (C=O) groups excluding carboxylic acids is 2. The van der Waals surface area contributed by atoms with Gasteiger partial charge >= 0.3 is 5.97 Å². The summed E-state index contributed by atoms with van der Waals surface area (Å²) in [5.74, 6) is 1.44. The zero-order chi connectivity index (χ0) is 18.6. The van der Waals surface area contributed by atoms with Crippen LogP contribution < -0.4 is 9.47 Å². The van der Waals surface area contributed by atoms with Crippen molar-refractivity contribution in [3.63, 3.8) is 0 Å². The third kappa shape index (κ3) is 5.04. The molecule has 2 rings (SSSR count). The van der Waals surface area contributed by atoms with Gasteiger partial charge in [-0.05, 0) is 32.9 Å². The lowest BCUT2D eigenvalue weighted by atomic mass is 10.1. The average Bonchev–Trinajstić information content (AvgIpc) is 2.91. The fourth-order valence-corrected chi connectivity index (χ4v) is 3.82. The molecule has 0 radical (unpaired) electrons. The summed E-state index contributed by atoms with van der Waals surface area (Å²) in [6.07, 6.45) is 0.165. The van der Waals surface area contributed by atoms with E-state index in [4.69, 9.17) is 14.2 Å². The quantitative estimate of drug-likeness (QED) is 0.720. The molecule has 1 aromatic carbocycles. The molecule has 0 aliphatic carbocycles. The van der Waals surface area contributed by atoms with Crippen molar-refractivity contribution in [1.29, 1.82) is 0 Å². The Kier molecular flexibility index (Phi) is 6.21. The van der Waals surface area contributed by atoms with Crippen LogP contribution in [-0.4, -0.2) is 48.9 Å².